The summed E-state index contributed by atoms with van der Waals surface area (Å²) >= 11 is 1.01. The first-order chi connectivity index (χ1) is 10.3. The zero-order valence-corrected chi connectivity index (χ0v) is 11.3. The summed E-state index contributed by atoms with van der Waals surface area (Å²) in [5, 5.41) is 12.9. The first kappa shape index (κ1) is 14.3. The molecular formula is C12H6F3N3O3S. The second-order valence-corrected chi connectivity index (χ2v) is 5.03. The number of carboxylic acids is 1. The van der Waals surface area contributed by atoms with E-state index in [4.69, 9.17) is 9.52 Å². The van der Waals surface area contributed by atoms with E-state index < -0.39 is 17.7 Å². The summed E-state index contributed by atoms with van der Waals surface area (Å²) in [5.41, 5.74) is -0.775. The maximum Gasteiger partial charge on any atom is 0.416 e. The molecule has 1 aromatic carbocycles. The molecule has 3 aromatic rings. The number of carbonyl (C=O) groups is 1. The Kier molecular flexibility index (Phi) is 3.24. The first-order valence-electron chi connectivity index (χ1n) is 5.76. The van der Waals surface area contributed by atoms with Gasteiger partial charge in [-0.2, -0.15) is 18.2 Å². The van der Waals surface area contributed by atoms with Crippen LogP contribution in [0.3, 0.4) is 0 Å². The predicted molar refractivity (Wildman–Crippen MR) is 71.4 cm³/mol. The van der Waals surface area contributed by atoms with E-state index in [9.17, 15) is 18.0 Å². The smallest absolute Gasteiger partial charge is 0.416 e. The van der Waals surface area contributed by atoms with Gasteiger partial charge in [-0.1, -0.05) is 0 Å². The molecule has 0 aliphatic rings. The molecule has 0 spiro atoms. The number of nitrogens with one attached hydrogen (secondary N) is 1. The molecule has 0 atom stereocenters. The van der Waals surface area contributed by atoms with Crippen molar-refractivity contribution in [3.8, 4) is 0 Å². The van der Waals surface area contributed by atoms with Gasteiger partial charge in [-0.15, -0.1) is 11.3 Å². The van der Waals surface area contributed by atoms with E-state index in [2.05, 4.69) is 15.3 Å². The molecule has 3 rings (SSSR count). The molecule has 2 aromatic heterocycles. The molecule has 0 fully saturated rings. The average molecular weight is 329 g/mol. The van der Waals surface area contributed by atoms with E-state index in [1.807, 2.05) is 0 Å². The van der Waals surface area contributed by atoms with Crippen LogP contribution in [0, 0.1) is 0 Å². The molecule has 114 valence electrons. The van der Waals surface area contributed by atoms with Crippen LogP contribution in [-0.4, -0.2) is 21.0 Å². The topological polar surface area (TPSA) is 88.2 Å². The lowest BCUT2D eigenvalue weighted by atomic mass is 10.2. The fourth-order valence-electron chi connectivity index (χ4n) is 1.68. The summed E-state index contributed by atoms with van der Waals surface area (Å²) in [6.45, 7) is 0. The molecule has 10 heteroatoms. The summed E-state index contributed by atoms with van der Waals surface area (Å²) < 4.78 is 43.1. The van der Waals surface area contributed by atoms with E-state index in [1.165, 1.54) is 11.4 Å². The van der Waals surface area contributed by atoms with Gasteiger partial charge in [0.05, 0.1) is 5.56 Å². The van der Waals surface area contributed by atoms with Crippen molar-refractivity contribution < 1.29 is 27.5 Å². The Morgan fingerprint density at radius 2 is 2.09 bits per heavy atom. The monoisotopic (exact) mass is 329 g/mol. The van der Waals surface area contributed by atoms with Crippen molar-refractivity contribution in [3.05, 3.63) is 34.8 Å². The molecule has 0 unspecified atom stereocenters. The Hall–Kier alpha value is -2.62. The molecule has 0 saturated carbocycles. The van der Waals surface area contributed by atoms with Gasteiger partial charge >= 0.3 is 18.2 Å². The van der Waals surface area contributed by atoms with Gasteiger partial charge < -0.3 is 9.52 Å². The lowest BCUT2D eigenvalue weighted by molar-refractivity contribution is -0.137. The molecule has 2 N–H and O–H groups in total. The summed E-state index contributed by atoms with van der Waals surface area (Å²) in [6.07, 6.45) is -4.47. The number of anilines is 2. The highest BCUT2D eigenvalue weighted by atomic mass is 32.1. The zero-order valence-electron chi connectivity index (χ0n) is 10.5. The summed E-state index contributed by atoms with van der Waals surface area (Å²) in [5.74, 6) is -1.18. The van der Waals surface area contributed by atoms with Crippen molar-refractivity contribution in [2.75, 3.05) is 5.32 Å². The van der Waals surface area contributed by atoms with E-state index in [-0.39, 0.29) is 27.9 Å². The maximum atomic E-state index is 12.6. The van der Waals surface area contributed by atoms with Crippen molar-refractivity contribution in [2.45, 2.75) is 6.18 Å². The number of alkyl halides is 3. The third kappa shape index (κ3) is 2.72. The normalized spacial score (nSPS) is 11.8. The van der Waals surface area contributed by atoms with Crippen LogP contribution in [0.1, 0.15) is 16.1 Å². The number of hydrogen-bond acceptors (Lipinski definition) is 6. The third-order valence-electron chi connectivity index (χ3n) is 2.65. The minimum Gasteiger partial charge on any atom is -0.476 e. The van der Waals surface area contributed by atoms with Crippen LogP contribution in [-0.2, 0) is 6.18 Å². The number of nitrogens with zero attached hydrogens (tertiary/aromatic N) is 2. The summed E-state index contributed by atoms with van der Waals surface area (Å²) in [4.78, 5) is 18.3. The van der Waals surface area contributed by atoms with Gasteiger partial charge in [0.25, 0.3) is 0 Å². The highest BCUT2D eigenvalue weighted by molar-refractivity contribution is 7.14. The van der Waals surface area contributed by atoms with Gasteiger partial charge in [0.1, 0.15) is 5.52 Å². The van der Waals surface area contributed by atoms with Crippen LogP contribution in [0.5, 0.6) is 0 Å². The highest BCUT2D eigenvalue weighted by Gasteiger charge is 2.31. The van der Waals surface area contributed by atoms with Gasteiger partial charge in [-0.05, 0) is 18.2 Å². The zero-order chi connectivity index (χ0) is 15.9. The third-order valence-corrected chi connectivity index (χ3v) is 3.41. The van der Waals surface area contributed by atoms with Crippen LogP contribution < -0.4 is 5.32 Å². The second kappa shape index (κ2) is 4.98. The van der Waals surface area contributed by atoms with E-state index in [0.717, 1.165) is 23.5 Å². The van der Waals surface area contributed by atoms with Gasteiger partial charge in [0.15, 0.2) is 16.4 Å². The van der Waals surface area contributed by atoms with Gasteiger partial charge in [-0.25, -0.2) is 9.78 Å². The minimum atomic E-state index is -4.47. The highest BCUT2D eigenvalue weighted by Crippen LogP contribution is 2.32. The second-order valence-electron chi connectivity index (χ2n) is 4.17. The number of oxazole rings is 1. The molecule has 0 amide bonds. The Bertz CT molecular complexity index is 856. The van der Waals surface area contributed by atoms with Crippen LogP contribution in [0.2, 0.25) is 0 Å². The molecule has 0 bridgehead atoms. The molecule has 2 heterocycles. The number of halogens is 3. The Balaban J connectivity index is 1.89. The van der Waals surface area contributed by atoms with Crippen molar-refractivity contribution >= 4 is 39.6 Å². The quantitative estimate of drug-likeness (QED) is 0.761. The maximum absolute atomic E-state index is 12.6. The molecule has 0 aliphatic heterocycles. The minimum absolute atomic E-state index is 0.0346. The summed E-state index contributed by atoms with van der Waals surface area (Å²) in [7, 11) is 0. The molecule has 6 nitrogen and oxygen atoms in total. The molecule has 0 saturated heterocycles. The molecule has 0 aliphatic carbocycles. The van der Waals surface area contributed by atoms with E-state index in [0.29, 0.717) is 0 Å². The lowest BCUT2D eigenvalue weighted by Gasteiger charge is -2.04. The number of hydrogen-bond donors (Lipinski definition) is 2. The van der Waals surface area contributed by atoms with Crippen LogP contribution in [0.4, 0.5) is 24.3 Å². The number of benzene rings is 1. The Labute approximate surface area is 124 Å². The molecular weight excluding hydrogens is 323 g/mol. The van der Waals surface area contributed by atoms with Crippen molar-refractivity contribution in [1.82, 2.24) is 9.97 Å². The first-order valence-corrected chi connectivity index (χ1v) is 6.64. The van der Waals surface area contributed by atoms with E-state index >= 15 is 0 Å². The number of rotatable bonds is 3. The van der Waals surface area contributed by atoms with Gasteiger partial charge in [0.2, 0.25) is 0 Å². The van der Waals surface area contributed by atoms with Crippen molar-refractivity contribution in [3.63, 3.8) is 0 Å². The number of carboxylic acid groups (broad SMARTS) is 1. The van der Waals surface area contributed by atoms with Crippen molar-refractivity contribution in [1.29, 1.82) is 0 Å². The predicted octanol–water partition coefficient (Wildman–Crippen LogP) is 3.74. The summed E-state index contributed by atoms with van der Waals surface area (Å²) in [6, 6.07) is 2.86. The average Bonchev–Trinajstić information content (AvgIpc) is 3.03. The van der Waals surface area contributed by atoms with E-state index in [1.54, 1.807) is 0 Å². The number of thiazole rings is 1. The van der Waals surface area contributed by atoms with Crippen LogP contribution in [0.15, 0.2) is 28.0 Å². The fourth-order valence-corrected chi connectivity index (χ4v) is 2.35. The standard InChI is InChI=1S/C12H6F3N3O3S/c13-12(14,15)5-1-2-8-6(3-5)16-10(21-8)18-11-17-7(4-22-11)9(19)20/h1-4H,(H,19,20)(H,16,17,18). The number of aromatic carboxylic acids is 1. The molecule has 0 radical (unpaired) electrons. The SMILES string of the molecule is O=C(O)c1csc(Nc2nc3cc(C(F)(F)F)ccc3o2)n1. The number of aromatic nitrogens is 2. The Morgan fingerprint density at radius 1 is 1.32 bits per heavy atom. The largest absolute Gasteiger partial charge is 0.476 e. The van der Waals surface area contributed by atoms with Gasteiger partial charge in [-0.3, -0.25) is 5.32 Å². The van der Waals surface area contributed by atoms with Gasteiger partial charge in [0, 0.05) is 5.38 Å². The molecule has 22 heavy (non-hydrogen) atoms. The number of fused-ring (bicyclic) bond motifs is 1. The Morgan fingerprint density at radius 3 is 2.73 bits per heavy atom. The van der Waals surface area contributed by atoms with Crippen LogP contribution in [0.25, 0.3) is 11.1 Å². The van der Waals surface area contributed by atoms with Crippen LogP contribution >= 0.6 is 11.3 Å². The fraction of sp³-hybridized carbons (Fsp3) is 0.0833. The van der Waals surface area contributed by atoms with Crippen molar-refractivity contribution in [2.24, 2.45) is 0 Å². The lowest BCUT2D eigenvalue weighted by Crippen LogP contribution is -2.03.